The van der Waals surface area contributed by atoms with Crippen LogP contribution in [0.4, 0.5) is 17.1 Å². The summed E-state index contributed by atoms with van der Waals surface area (Å²) < 4.78 is 0. The van der Waals surface area contributed by atoms with Gasteiger partial charge in [0.05, 0.1) is 15.9 Å². The van der Waals surface area contributed by atoms with E-state index in [2.05, 4.69) is 10.6 Å². The minimum Gasteiger partial charge on any atom is -0.324 e. The van der Waals surface area contributed by atoms with Crippen LogP contribution < -0.4 is 10.6 Å². The summed E-state index contributed by atoms with van der Waals surface area (Å²) in [6.07, 6.45) is 0. The number of non-ortho nitro benzene ring substituents is 1. The molecule has 0 aliphatic carbocycles. The first-order chi connectivity index (χ1) is 11.4. The van der Waals surface area contributed by atoms with Crippen LogP contribution >= 0.6 is 11.8 Å². The topological polar surface area (TPSA) is 101 Å². The molecule has 0 spiro atoms. The summed E-state index contributed by atoms with van der Waals surface area (Å²) in [5, 5.41) is 16.0. The molecule has 0 saturated carbocycles. The summed E-state index contributed by atoms with van der Waals surface area (Å²) in [6, 6.07) is 10.7. The van der Waals surface area contributed by atoms with Crippen LogP contribution in [0.25, 0.3) is 0 Å². The molecule has 0 bridgehead atoms. The number of nitrogens with zero attached hydrogens (tertiary/aromatic N) is 1. The summed E-state index contributed by atoms with van der Waals surface area (Å²) in [4.78, 5) is 35.2. The number of carbonyl (C=O) groups is 2. The second kappa shape index (κ2) is 6.32. The summed E-state index contributed by atoms with van der Waals surface area (Å²) in [5.41, 5.74) is 1.18. The lowest BCUT2D eigenvalue weighted by atomic mass is 10.1. The Morgan fingerprint density at radius 3 is 2.83 bits per heavy atom. The molecular weight excluding hydrogens is 330 g/mol. The third-order valence-corrected chi connectivity index (χ3v) is 4.66. The molecule has 2 aromatic carbocycles. The van der Waals surface area contributed by atoms with Crippen molar-refractivity contribution in [3.63, 3.8) is 0 Å². The highest BCUT2D eigenvalue weighted by Gasteiger charge is 2.23. The quantitative estimate of drug-likeness (QED) is 0.658. The predicted molar refractivity (Wildman–Crippen MR) is 91.4 cm³/mol. The van der Waals surface area contributed by atoms with Gasteiger partial charge in [0.1, 0.15) is 0 Å². The van der Waals surface area contributed by atoms with Crippen molar-refractivity contribution in [2.75, 3.05) is 10.6 Å². The molecule has 24 heavy (non-hydrogen) atoms. The standard InChI is InChI=1S/C16H13N3O4S/c1-9-15(20)18-13-7-10(5-6-14(13)24-9)16(21)17-11-3-2-4-12(8-11)19(22)23/h2-9H,1H3,(H,17,21)(H,18,20). The fraction of sp³-hybridized carbons (Fsp3) is 0.125. The second-order valence-corrected chi connectivity index (χ2v) is 6.60. The van der Waals surface area contributed by atoms with Crippen molar-refractivity contribution in [3.05, 3.63) is 58.1 Å². The first kappa shape index (κ1) is 16.0. The van der Waals surface area contributed by atoms with Gasteiger partial charge < -0.3 is 10.6 Å². The Hall–Kier alpha value is -2.87. The fourth-order valence-electron chi connectivity index (χ4n) is 2.25. The maximum atomic E-state index is 12.3. The molecule has 0 radical (unpaired) electrons. The van der Waals surface area contributed by atoms with E-state index in [4.69, 9.17) is 0 Å². The summed E-state index contributed by atoms with van der Waals surface area (Å²) >= 11 is 1.43. The van der Waals surface area contributed by atoms with Crippen molar-refractivity contribution in [1.82, 2.24) is 0 Å². The highest BCUT2D eigenvalue weighted by atomic mass is 32.2. The smallest absolute Gasteiger partial charge is 0.271 e. The summed E-state index contributed by atoms with van der Waals surface area (Å²) in [6.45, 7) is 1.81. The van der Waals surface area contributed by atoms with E-state index in [1.807, 2.05) is 6.92 Å². The van der Waals surface area contributed by atoms with E-state index < -0.39 is 10.8 Å². The molecule has 7 nitrogen and oxygen atoms in total. The highest BCUT2D eigenvalue weighted by Crippen LogP contribution is 2.36. The molecule has 2 N–H and O–H groups in total. The van der Waals surface area contributed by atoms with Crippen molar-refractivity contribution in [1.29, 1.82) is 0 Å². The maximum Gasteiger partial charge on any atom is 0.271 e. The number of amides is 2. The number of hydrogen-bond donors (Lipinski definition) is 2. The van der Waals surface area contributed by atoms with E-state index in [1.165, 1.54) is 30.0 Å². The number of rotatable bonds is 3. The third kappa shape index (κ3) is 3.23. The maximum absolute atomic E-state index is 12.3. The van der Waals surface area contributed by atoms with Gasteiger partial charge in [-0.1, -0.05) is 6.07 Å². The molecular formula is C16H13N3O4S. The molecule has 0 saturated heterocycles. The van der Waals surface area contributed by atoms with Gasteiger partial charge in [0.15, 0.2) is 0 Å². The molecule has 2 amide bonds. The molecule has 2 aromatic rings. The lowest BCUT2D eigenvalue weighted by Crippen LogP contribution is -2.26. The van der Waals surface area contributed by atoms with Gasteiger partial charge in [-0.25, -0.2) is 0 Å². The number of benzene rings is 2. The monoisotopic (exact) mass is 343 g/mol. The van der Waals surface area contributed by atoms with Gasteiger partial charge in [-0.3, -0.25) is 19.7 Å². The highest BCUT2D eigenvalue weighted by molar-refractivity contribution is 8.00. The van der Waals surface area contributed by atoms with E-state index in [-0.39, 0.29) is 16.8 Å². The lowest BCUT2D eigenvalue weighted by Gasteiger charge is -2.21. The van der Waals surface area contributed by atoms with Gasteiger partial charge >= 0.3 is 0 Å². The normalized spacial score (nSPS) is 16.0. The van der Waals surface area contributed by atoms with Crippen LogP contribution in [0.3, 0.4) is 0 Å². The molecule has 0 aromatic heterocycles. The number of nitro groups is 1. The number of carbonyl (C=O) groups excluding carboxylic acids is 2. The van der Waals surface area contributed by atoms with Crippen LogP contribution in [0.5, 0.6) is 0 Å². The average molecular weight is 343 g/mol. The Labute approximate surface area is 141 Å². The van der Waals surface area contributed by atoms with Crippen LogP contribution in [-0.4, -0.2) is 22.0 Å². The van der Waals surface area contributed by atoms with Crippen molar-refractivity contribution in [2.24, 2.45) is 0 Å². The van der Waals surface area contributed by atoms with Crippen LogP contribution in [0.15, 0.2) is 47.4 Å². The Balaban J connectivity index is 1.81. The van der Waals surface area contributed by atoms with E-state index in [0.29, 0.717) is 16.9 Å². The number of fused-ring (bicyclic) bond motifs is 1. The first-order valence-electron chi connectivity index (χ1n) is 7.11. The van der Waals surface area contributed by atoms with Crippen LogP contribution in [0.1, 0.15) is 17.3 Å². The molecule has 8 heteroatoms. The van der Waals surface area contributed by atoms with Crippen molar-refractivity contribution in [3.8, 4) is 0 Å². The van der Waals surface area contributed by atoms with Gasteiger partial charge in [0, 0.05) is 28.3 Å². The minimum atomic E-state index is -0.525. The van der Waals surface area contributed by atoms with Crippen LogP contribution in [0, 0.1) is 10.1 Å². The molecule has 122 valence electrons. The Bertz CT molecular complexity index is 853. The van der Waals surface area contributed by atoms with E-state index >= 15 is 0 Å². The average Bonchev–Trinajstić information content (AvgIpc) is 2.55. The van der Waals surface area contributed by atoms with E-state index in [0.717, 1.165) is 4.90 Å². The van der Waals surface area contributed by atoms with Crippen LogP contribution in [-0.2, 0) is 4.79 Å². The number of nitrogens with one attached hydrogen (secondary N) is 2. The molecule has 1 aliphatic rings. The van der Waals surface area contributed by atoms with Crippen molar-refractivity contribution >= 4 is 40.6 Å². The van der Waals surface area contributed by atoms with Gasteiger partial charge in [0.25, 0.3) is 11.6 Å². The SMILES string of the molecule is CC1Sc2ccc(C(=O)Nc3cccc([N+](=O)[O-])c3)cc2NC1=O. The van der Waals surface area contributed by atoms with Gasteiger partial charge in [-0.2, -0.15) is 0 Å². The van der Waals surface area contributed by atoms with Crippen molar-refractivity contribution in [2.45, 2.75) is 17.1 Å². The van der Waals surface area contributed by atoms with Gasteiger partial charge in [-0.05, 0) is 31.2 Å². The Morgan fingerprint density at radius 1 is 1.29 bits per heavy atom. The molecule has 1 unspecified atom stereocenters. The Kier molecular flexibility index (Phi) is 4.22. The van der Waals surface area contributed by atoms with Gasteiger partial charge in [-0.15, -0.1) is 11.8 Å². The lowest BCUT2D eigenvalue weighted by molar-refractivity contribution is -0.384. The van der Waals surface area contributed by atoms with E-state index in [1.54, 1.807) is 24.3 Å². The third-order valence-electron chi connectivity index (χ3n) is 3.49. The zero-order valence-electron chi connectivity index (χ0n) is 12.6. The summed E-state index contributed by atoms with van der Waals surface area (Å²) in [5.74, 6) is -0.514. The van der Waals surface area contributed by atoms with Crippen molar-refractivity contribution < 1.29 is 14.5 Å². The zero-order valence-corrected chi connectivity index (χ0v) is 13.4. The molecule has 1 aliphatic heterocycles. The molecule has 1 atom stereocenters. The van der Waals surface area contributed by atoms with Crippen LogP contribution in [0.2, 0.25) is 0 Å². The summed E-state index contributed by atoms with van der Waals surface area (Å²) in [7, 11) is 0. The number of anilines is 2. The largest absolute Gasteiger partial charge is 0.324 e. The fourth-order valence-corrected chi connectivity index (χ4v) is 3.18. The molecule has 3 rings (SSSR count). The zero-order chi connectivity index (χ0) is 17.3. The van der Waals surface area contributed by atoms with E-state index in [9.17, 15) is 19.7 Å². The minimum absolute atomic E-state index is 0.101. The second-order valence-electron chi connectivity index (χ2n) is 5.22. The predicted octanol–water partition coefficient (Wildman–Crippen LogP) is 3.28. The van der Waals surface area contributed by atoms with Gasteiger partial charge in [0.2, 0.25) is 5.91 Å². The molecule has 0 fully saturated rings. The number of nitro benzene ring substituents is 1. The number of thioether (sulfide) groups is 1. The Morgan fingerprint density at radius 2 is 2.08 bits per heavy atom. The molecule has 1 heterocycles. The first-order valence-corrected chi connectivity index (χ1v) is 7.99. The number of hydrogen-bond acceptors (Lipinski definition) is 5.